The van der Waals surface area contributed by atoms with Crippen LogP contribution in [0.25, 0.3) is 11.1 Å². The number of carbonyl (C=O) groups excluding carboxylic acids is 2. The van der Waals surface area contributed by atoms with E-state index in [1.165, 1.54) is 12.7 Å². The molecule has 9 heteroatoms. The van der Waals surface area contributed by atoms with E-state index < -0.39 is 17.8 Å². The average Bonchev–Trinajstić information content (AvgIpc) is 3.32. The van der Waals surface area contributed by atoms with Crippen molar-refractivity contribution in [3.63, 3.8) is 0 Å². The standard InChI is InChI=1S/C31H42ClN3O5/c1-3-20-8-4-9-21(16-20)28-24(11-5-12-25(28)32)31(39,13-7-14-34-30(38)40-2)23-10-6-15-35(19-23)29(37)22-17-26(33)27(36)18-22/h4-5,8-9,11-12,16,22-23,26-27,36,39H,3,6-7,10,13-15,17-19,33H2,1-2H3,(H,34,38)/t22-,23+,26+,27-,31?/m0/s1. The number of nitrogens with one attached hydrogen (secondary N) is 1. The second-order valence-corrected chi connectivity index (χ2v) is 11.6. The van der Waals surface area contributed by atoms with Gasteiger partial charge in [-0.1, -0.05) is 54.9 Å². The first kappa shape index (κ1) is 30.3. The number of alkyl carbamates (subject to hydrolysis) is 1. The Hall–Kier alpha value is -2.65. The highest BCUT2D eigenvalue weighted by molar-refractivity contribution is 6.33. The molecule has 0 radical (unpaired) electrons. The van der Waals surface area contributed by atoms with E-state index >= 15 is 0 Å². The van der Waals surface area contributed by atoms with E-state index in [0.29, 0.717) is 50.3 Å². The van der Waals surface area contributed by atoms with Gasteiger partial charge in [-0.2, -0.15) is 0 Å². The van der Waals surface area contributed by atoms with Crippen molar-refractivity contribution < 1.29 is 24.5 Å². The molecule has 5 N–H and O–H groups in total. The molecule has 8 nitrogen and oxygen atoms in total. The zero-order chi connectivity index (χ0) is 28.9. The van der Waals surface area contributed by atoms with Crippen molar-refractivity contribution in [2.24, 2.45) is 17.6 Å². The number of benzene rings is 2. The van der Waals surface area contributed by atoms with Crippen molar-refractivity contribution >= 4 is 23.6 Å². The van der Waals surface area contributed by atoms with E-state index in [2.05, 4.69) is 24.4 Å². The lowest BCUT2D eigenvalue weighted by atomic mass is 9.72. The number of piperidine rings is 1. The second kappa shape index (κ2) is 13.3. The van der Waals surface area contributed by atoms with Gasteiger partial charge in [0.2, 0.25) is 5.91 Å². The zero-order valence-electron chi connectivity index (χ0n) is 23.4. The predicted octanol–water partition coefficient (Wildman–Crippen LogP) is 4.23. The summed E-state index contributed by atoms with van der Waals surface area (Å²) in [5.74, 6) is -0.567. The van der Waals surface area contributed by atoms with Gasteiger partial charge in [0.15, 0.2) is 0 Å². The highest BCUT2D eigenvalue weighted by Crippen LogP contribution is 2.46. The summed E-state index contributed by atoms with van der Waals surface area (Å²) in [6.07, 6.45) is 2.87. The maximum absolute atomic E-state index is 13.5. The van der Waals surface area contributed by atoms with Crippen LogP contribution in [0.3, 0.4) is 0 Å². The van der Waals surface area contributed by atoms with Gasteiger partial charge in [0, 0.05) is 48.1 Å². The summed E-state index contributed by atoms with van der Waals surface area (Å²) in [7, 11) is 1.32. The van der Waals surface area contributed by atoms with E-state index in [1.54, 1.807) is 0 Å². The van der Waals surface area contributed by atoms with Crippen LogP contribution in [0.4, 0.5) is 4.79 Å². The molecular formula is C31H42ClN3O5. The minimum Gasteiger partial charge on any atom is -0.453 e. The number of likely N-dealkylation sites (tertiary alicyclic amines) is 1. The number of carbonyl (C=O) groups is 2. The van der Waals surface area contributed by atoms with Gasteiger partial charge in [-0.3, -0.25) is 4.79 Å². The van der Waals surface area contributed by atoms with Gasteiger partial charge in [-0.05, 0) is 67.7 Å². The average molecular weight is 572 g/mol. The van der Waals surface area contributed by atoms with E-state index in [-0.39, 0.29) is 23.8 Å². The number of methoxy groups -OCH3 is 1. The molecule has 2 aromatic rings. The quantitative estimate of drug-likeness (QED) is 0.334. The number of nitrogens with two attached hydrogens (primary N) is 1. The molecule has 40 heavy (non-hydrogen) atoms. The molecule has 5 atom stereocenters. The number of rotatable bonds is 9. The predicted molar refractivity (Wildman–Crippen MR) is 156 cm³/mol. The van der Waals surface area contributed by atoms with Gasteiger partial charge in [0.05, 0.1) is 18.8 Å². The molecule has 0 bridgehead atoms. The van der Waals surface area contributed by atoms with Crippen LogP contribution in [0, 0.1) is 11.8 Å². The van der Waals surface area contributed by atoms with Crippen LogP contribution in [0.15, 0.2) is 42.5 Å². The number of aliphatic hydroxyl groups excluding tert-OH is 1. The molecule has 1 unspecified atom stereocenters. The van der Waals surface area contributed by atoms with E-state index in [1.807, 2.05) is 35.2 Å². The van der Waals surface area contributed by atoms with Crippen molar-refractivity contribution in [1.82, 2.24) is 10.2 Å². The van der Waals surface area contributed by atoms with Crippen LogP contribution < -0.4 is 11.1 Å². The van der Waals surface area contributed by atoms with Gasteiger partial charge < -0.3 is 30.9 Å². The maximum Gasteiger partial charge on any atom is 0.406 e. The number of aliphatic hydroxyl groups is 2. The first-order valence-corrected chi connectivity index (χ1v) is 14.7. The summed E-state index contributed by atoms with van der Waals surface area (Å²) in [4.78, 5) is 27.0. The molecule has 2 amide bonds. The monoisotopic (exact) mass is 571 g/mol. The first-order valence-electron chi connectivity index (χ1n) is 14.3. The Morgan fingerprint density at radius 3 is 2.70 bits per heavy atom. The minimum atomic E-state index is -1.31. The van der Waals surface area contributed by atoms with Crippen LogP contribution in [0.5, 0.6) is 0 Å². The number of hydrogen-bond acceptors (Lipinski definition) is 6. The highest BCUT2D eigenvalue weighted by atomic mass is 35.5. The molecule has 2 aromatic carbocycles. The number of nitrogens with zero attached hydrogens (tertiary/aromatic N) is 1. The van der Waals surface area contributed by atoms with Gasteiger partial charge >= 0.3 is 6.09 Å². The van der Waals surface area contributed by atoms with Crippen LogP contribution in [-0.2, 0) is 21.6 Å². The van der Waals surface area contributed by atoms with Crippen molar-refractivity contribution in [3.8, 4) is 11.1 Å². The Kier molecular flexibility index (Phi) is 10.1. The summed E-state index contributed by atoms with van der Waals surface area (Å²) in [5.41, 5.74) is 8.30. The molecule has 0 aromatic heterocycles. The van der Waals surface area contributed by atoms with Gasteiger partial charge in [-0.15, -0.1) is 0 Å². The van der Waals surface area contributed by atoms with Crippen molar-refractivity contribution in [3.05, 3.63) is 58.6 Å². The van der Waals surface area contributed by atoms with Crippen molar-refractivity contribution in [2.75, 3.05) is 26.7 Å². The van der Waals surface area contributed by atoms with Gasteiger partial charge in [0.25, 0.3) is 0 Å². The first-order chi connectivity index (χ1) is 19.2. The fraction of sp³-hybridized carbons (Fsp3) is 0.548. The number of amides is 2. The molecule has 1 saturated heterocycles. The number of ether oxygens (including phenoxy) is 1. The lowest BCUT2D eigenvalue weighted by Gasteiger charge is -2.44. The number of hydrogen-bond donors (Lipinski definition) is 4. The van der Waals surface area contributed by atoms with Crippen molar-refractivity contribution in [2.45, 2.75) is 69.6 Å². The third-order valence-corrected chi connectivity index (χ3v) is 8.94. The van der Waals surface area contributed by atoms with Crippen LogP contribution in [-0.4, -0.2) is 66.0 Å². The summed E-state index contributed by atoms with van der Waals surface area (Å²) < 4.78 is 4.70. The Morgan fingerprint density at radius 1 is 1.23 bits per heavy atom. The topological polar surface area (TPSA) is 125 Å². The number of aryl methyl sites for hydroxylation is 1. The minimum absolute atomic E-state index is 0.00614. The molecule has 4 rings (SSSR count). The third-order valence-electron chi connectivity index (χ3n) is 8.63. The largest absolute Gasteiger partial charge is 0.453 e. The highest BCUT2D eigenvalue weighted by Gasteiger charge is 2.44. The third kappa shape index (κ3) is 6.62. The van der Waals surface area contributed by atoms with Crippen LogP contribution in [0.1, 0.15) is 56.6 Å². The summed E-state index contributed by atoms with van der Waals surface area (Å²) in [6, 6.07) is 13.4. The summed E-state index contributed by atoms with van der Waals surface area (Å²) in [5, 5.41) is 26.1. The molecular weight excluding hydrogens is 530 g/mol. The normalized spacial score (nSPS) is 24.4. The Labute approximate surface area is 241 Å². The fourth-order valence-corrected chi connectivity index (χ4v) is 6.66. The molecule has 1 saturated carbocycles. The molecule has 2 aliphatic rings. The Balaban J connectivity index is 1.68. The molecule has 0 spiro atoms. The molecule has 1 aliphatic carbocycles. The lowest BCUT2D eigenvalue weighted by Crippen LogP contribution is -2.49. The van der Waals surface area contributed by atoms with E-state index in [0.717, 1.165) is 36.0 Å². The number of halogens is 1. The molecule has 1 heterocycles. The van der Waals surface area contributed by atoms with E-state index in [4.69, 9.17) is 22.1 Å². The summed E-state index contributed by atoms with van der Waals surface area (Å²) in [6.45, 7) is 3.44. The SMILES string of the molecule is CCc1cccc(-c2c(Cl)cccc2C(O)(CCCNC(=O)OC)[C@@H]2CCCN(C(=O)[C@H]3C[C@@H](N)[C@@H](O)C3)C2)c1. The summed E-state index contributed by atoms with van der Waals surface area (Å²) >= 11 is 6.83. The fourth-order valence-electron chi connectivity index (χ4n) is 6.38. The van der Waals surface area contributed by atoms with Gasteiger partial charge in [-0.25, -0.2) is 4.79 Å². The van der Waals surface area contributed by atoms with E-state index in [9.17, 15) is 19.8 Å². The lowest BCUT2D eigenvalue weighted by molar-refractivity contribution is -0.141. The van der Waals surface area contributed by atoms with Crippen molar-refractivity contribution in [1.29, 1.82) is 0 Å². The molecule has 1 aliphatic heterocycles. The second-order valence-electron chi connectivity index (χ2n) is 11.2. The van der Waals surface area contributed by atoms with Crippen LogP contribution in [0.2, 0.25) is 5.02 Å². The smallest absolute Gasteiger partial charge is 0.406 e. The zero-order valence-corrected chi connectivity index (χ0v) is 24.2. The molecule has 218 valence electrons. The Morgan fingerprint density at radius 2 is 2.00 bits per heavy atom. The molecule has 2 fully saturated rings. The van der Waals surface area contributed by atoms with Crippen LogP contribution >= 0.6 is 11.6 Å². The maximum atomic E-state index is 13.5. The Bertz CT molecular complexity index is 1180. The van der Waals surface area contributed by atoms with Gasteiger partial charge in [0.1, 0.15) is 0 Å².